The van der Waals surface area contributed by atoms with E-state index in [1.54, 1.807) is 20.8 Å². The smallest absolute Gasteiger partial charge is 0.731 e. The Morgan fingerprint density at radius 2 is 1.95 bits per heavy atom. The summed E-state index contributed by atoms with van der Waals surface area (Å²) in [7, 11) is -4.83. The number of rotatable bonds is 2. The van der Waals surface area contributed by atoms with E-state index in [4.69, 9.17) is 4.89 Å². The Hall–Kier alpha value is -0.390. The van der Waals surface area contributed by atoms with Crippen LogP contribution < -0.4 is 29.6 Å². The van der Waals surface area contributed by atoms with E-state index >= 15 is 0 Å². The molecule has 0 bridgehead atoms. The fourth-order valence-electron chi connectivity index (χ4n) is 2.22. The fraction of sp³-hybridized carbons (Fsp3) is 0.800. The number of β-lactam (4-membered cyclic amide) rings is 1. The Balaban J connectivity index is 0.00000220. The molecule has 21 heavy (non-hydrogen) atoms. The Bertz CT molecular complexity index is 544. The molecule has 11 heteroatoms. The van der Waals surface area contributed by atoms with Crippen LogP contribution in [0.25, 0.3) is 0 Å². The first-order valence-corrected chi connectivity index (χ1v) is 7.34. The largest absolute Gasteiger partial charge is 1.00 e. The van der Waals surface area contributed by atoms with Crippen LogP contribution >= 0.6 is 0 Å². The van der Waals surface area contributed by atoms with Crippen LogP contribution in [0.15, 0.2) is 0 Å². The van der Waals surface area contributed by atoms with Gasteiger partial charge in [-0.3, -0.25) is 14.6 Å². The van der Waals surface area contributed by atoms with E-state index in [9.17, 15) is 22.6 Å². The molecule has 0 spiro atoms. The van der Waals surface area contributed by atoms with Crippen LogP contribution in [0.2, 0.25) is 0 Å². The molecule has 2 amide bonds. The van der Waals surface area contributed by atoms with Gasteiger partial charge >= 0.3 is 35.7 Å². The normalized spacial score (nSPS) is 25.0. The molecule has 0 aliphatic carbocycles. The third-order valence-electron chi connectivity index (χ3n) is 2.98. The number of nitrogens with zero attached hydrogens (tertiary/aromatic N) is 2. The number of carbonyl (C=O) groups excluding carboxylic acids is 2. The zero-order valence-electron chi connectivity index (χ0n) is 12.2. The molecule has 2 atom stereocenters. The Labute approximate surface area is 144 Å². The zero-order chi connectivity index (χ0) is 15.3. The third-order valence-corrected chi connectivity index (χ3v) is 3.91. The Morgan fingerprint density at radius 1 is 1.38 bits per heavy atom. The molecule has 2 fully saturated rings. The first-order chi connectivity index (χ1) is 9.02. The monoisotopic (exact) mass is 330 g/mol. The van der Waals surface area contributed by atoms with Gasteiger partial charge in [0.2, 0.25) is 0 Å². The van der Waals surface area contributed by atoms with Gasteiger partial charge in [0.15, 0.2) is 10.3 Å². The molecule has 2 saturated heterocycles. The molecule has 2 aliphatic heterocycles. The van der Waals surface area contributed by atoms with Gasteiger partial charge < -0.3 is 4.55 Å². The first kappa shape index (κ1) is 18.7. The molecule has 0 aromatic carbocycles. The molecule has 2 heterocycles. The van der Waals surface area contributed by atoms with E-state index < -0.39 is 40.0 Å². The number of hydrogen-bond acceptors (Lipinski definition) is 7. The summed E-state index contributed by atoms with van der Waals surface area (Å²) in [6.07, 6.45) is -0.661. The average molecular weight is 330 g/mol. The summed E-state index contributed by atoms with van der Waals surface area (Å²) < 4.78 is 32.9. The van der Waals surface area contributed by atoms with Crippen LogP contribution in [0.5, 0.6) is 0 Å². The molecule has 2 rings (SSSR count). The molecule has 0 unspecified atom stereocenters. The van der Waals surface area contributed by atoms with Crippen molar-refractivity contribution in [3.8, 4) is 0 Å². The van der Waals surface area contributed by atoms with Crippen LogP contribution in [0.3, 0.4) is 0 Å². The van der Waals surface area contributed by atoms with Crippen molar-refractivity contribution in [2.24, 2.45) is 0 Å². The molecule has 114 valence electrons. The number of carbonyl (C=O) groups is 2. The van der Waals surface area contributed by atoms with Gasteiger partial charge in [-0.05, 0) is 27.2 Å². The SMILES string of the molecule is CC(C)(C)OOC(=O)N1CC[C@@H]2[C@H]1C(=O)N2S(=O)(=O)[O-].[Na+]. The summed E-state index contributed by atoms with van der Waals surface area (Å²) in [6.45, 7) is 5.15. The van der Waals surface area contributed by atoms with Gasteiger partial charge in [-0.2, -0.15) is 4.89 Å². The Kier molecular flexibility index (Phi) is 5.34. The minimum atomic E-state index is -4.83. The van der Waals surface area contributed by atoms with Crippen molar-refractivity contribution >= 4 is 22.3 Å². The van der Waals surface area contributed by atoms with Crippen molar-refractivity contribution in [1.29, 1.82) is 0 Å². The quantitative estimate of drug-likeness (QED) is 0.170. The number of amides is 2. The molecular formula is C10H15N2NaO7S. The van der Waals surface area contributed by atoms with E-state index in [0.717, 1.165) is 4.90 Å². The van der Waals surface area contributed by atoms with Crippen LogP contribution in [0, 0.1) is 0 Å². The van der Waals surface area contributed by atoms with Gasteiger partial charge in [-0.1, -0.05) is 0 Å². The van der Waals surface area contributed by atoms with Crippen molar-refractivity contribution in [1.82, 2.24) is 9.21 Å². The van der Waals surface area contributed by atoms with Gasteiger partial charge in [0.1, 0.15) is 11.6 Å². The molecule has 0 radical (unpaired) electrons. The molecule has 0 N–H and O–H groups in total. The predicted octanol–water partition coefficient (Wildman–Crippen LogP) is -3.40. The summed E-state index contributed by atoms with van der Waals surface area (Å²) in [4.78, 5) is 33.9. The average Bonchev–Trinajstić information content (AvgIpc) is 2.61. The molecule has 0 aromatic rings. The molecule has 2 aliphatic rings. The maximum absolute atomic E-state index is 11.8. The van der Waals surface area contributed by atoms with Crippen LogP contribution in [-0.2, 0) is 24.9 Å². The number of hydrogen-bond donors (Lipinski definition) is 0. The predicted molar refractivity (Wildman–Crippen MR) is 62.8 cm³/mol. The summed E-state index contributed by atoms with van der Waals surface area (Å²) >= 11 is 0. The van der Waals surface area contributed by atoms with Gasteiger partial charge in [0.25, 0.3) is 5.91 Å². The Morgan fingerprint density at radius 3 is 2.43 bits per heavy atom. The van der Waals surface area contributed by atoms with Crippen molar-refractivity contribution < 1.29 is 61.9 Å². The van der Waals surface area contributed by atoms with E-state index in [1.165, 1.54) is 0 Å². The standard InChI is InChI=1S/C10H16N2O7S.Na/c1-10(2,3)19-18-9(14)11-5-4-6-7(11)8(13)12(6)20(15,16)17;/h6-7H,4-5H2,1-3H3,(H,15,16,17);/q;+1/p-1/t6-,7+;/m1./s1. The maximum Gasteiger partial charge on any atom is 1.00 e. The van der Waals surface area contributed by atoms with Crippen molar-refractivity contribution in [3.63, 3.8) is 0 Å². The number of fused-ring (bicyclic) bond motifs is 1. The van der Waals surface area contributed by atoms with Gasteiger partial charge in [-0.25, -0.2) is 17.5 Å². The molecule has 0 aromatic heterocycles. The second-order valence-corrected chi connectivity index (χ2v) is 6.88. The van der Waals surface area contributed by atoms with Crippen molar-refractivity contribution in [3.05, 3.63) is 0 Å². The van der Waals surface area contributed by atoms with Crippen LogP contribution in [-0.4, -0.2) is 58.4 Å². The molecule has 0 saturated carbocycles. The van der Waals surface area contributed by atoms with E-state index in [1.807, 2.05) is 0 Å². The first-order valence-electron chi connectivity index (χ1n) is 5.98. The van der Waals surface area contributed by atoms with Crippen molar-refractivity contribution in [2.45, 2.75) is 44.9 Å². The van der Waals surface area contributed by atoms with Crippen molar-refractivity contribution in [2.75, 3.05) is 6.54 Å². The topological polar surface area (TPSA) is 116 Å². The summed E-state index contributed by atoms with van der Waals surface area (Å²) in [6, 6.07) is -1.76. The van der Waals surface area contributed by atoms with E-state index in [0.29, 0.717) is 0 Å². The molecule has 9 nitrogen and oxygen atoms in total. The molecular weight excluding hydrogens is 315 g/mol. The van der Waals surface area contributed by atoms with E-state index in [2.05, 4.69) is 4.89 Å². The minimum absolute atomic E-state index is 0. The maximum atomic E-state index is 11.8. The van der Waals surface area contributed by atoms with Gasteiger partial charge in [0.05, 0.1) is 6.04 Å². The van der Waals surface area contributed by atoms with Crippen LogP contribution in [0.4, 0.5) is 4.79 Å². The van der Waals surface area contributed by atoms with Gasteiger partial charge in [0, 0.05) is 6.54 Å². The second-order valence-electron chi connectivity index (χ2n) is 5.63. The van der Waals surface area contributed by atoms with Gasteiger partial charge in [-0.15, -0.1) is 0 Å². The fourth-order valence-corrected chi connectivity index (χ4v) is 3.10. The third kappa shape index (κ3) is 3.69. The summed E-state index contributed by atoms with van der Waals surface area (Å²) in [5, 5.41) is 0. The number of likely N-dealkylation sites (tertiary alicyclic amines) is 1. The summed E-state index contributed by atoms with van der Waals surface area (Å²) in [5.74, 6) is -0.907. The minimum Gasteiger partial charge on any atom is -0.731 e. The van der Waals surface area contributed by atoms with E-state index in [-0.39, 0.29) is 46.8 Å². The summed E-state index contributed by atoms with van der Waals surface area (Å²) in [5.41, 5.74) is -0.706. The zero-order valence-corrected chi connectivity index (χ0v) is 15.0. The second kappa shape index (κ2) is 6.01. The van der Waals surface area contributed by atoms with Crippen LogP contribution in [0.1, 0.15) is 27.2 Å².